The first kappa shape index (κ1) is 28.1. The van der Waals surface area contributed by atoms with Crippen molar-refractivity contribution in [2.24, 2.45) is 5.84 Å². The summed E-state index contributed by atoms with van der Waals surface area (Å²) in [6.45, 7) is 24.0. The molecule has 0 bridgehead atoms. The Kier molecular flexibility index (Phi) is 11.1. The quantitative estimate of drug-likeness (QED) is 0.245. The number of halogens is 1. The highest BCUT2D eigenvalue weighted by Gasteiger charge is 2.16. The van der Waals surface area contributed by atoms with Crippen molar-refractivity contribution in [3.8, 4) is 0 Å². The number of nitrogens with zero attached hydrogens (tertiary/aromatic N) is 2. The lowest BCUT2D eigenvalue weighted by Crippen LogP contribution is -2.24. The number of aliphatic hydroxyl groups excluding tert-OH is 1. The summed E-state index contributed by atoms with van der Waals surface area (Å²) in [5, 5.41) is 10.6. The van der Waals surface area contributed by atoms with Crippen LogP contribution >= 0.6 is 0 Å². The Balaban J connectivity index is 0.000000335. The molecule has 3 N–H and O–H groups in total. The number of hydrogen-bond acceptors (Lipinski definition) is 3. The van der Waals surface area contributed by atoms with Crippen LogP contribution in [0.15, 0.2) is 68.1 Å². The van der Waals surface area contributed by atoms with Crippen molar-refractivity contribution < 1.29 is 9.50 Å². The lowest BCUT2D eigenvalue weighted by molar-refractivity contribution is 0.223. The number of benzene rings is 1. The van der Waals surface area contributed by atoms with Crippen LogP contribution in [0.2, 0.25) is 0 Å². The van der Waals surface area contributed by atoms with E-state index >= 15 is 0 Å². The Hall–Kier alpha value is -2.89. The van der Waals surface area contributed by atoms with Gasteiger partial charge in [0.2, 0.25) is 0 Å². The van der Waals surface area contributed by atoms with E-state index in [1.54, 1.807) is 37.4 Å². The predicted octanol–water partition coefficient (Wildman–Crippen LogP) is 6.97. The smallest absolute Gasteiger partial charge is 0.133 e. The lowest BCUT2D eigenvalue weighted by Gasteiger charge is -2.17. The molecular formula is C28H40FN3O. The van der Waals surface area contributed by atoms with Crippen molar-refractivity contribution in [1.82, 2.24) is 4.57 Å². The monoisotopic (exact) mass is 453 g/mol. The summed E-state index contributed by atoms with van der Waals surface area (Å²) in [4.78, 5) is 0. The summed E-state index contributed by atoms with van der Waals surface area (Å²) in [5.41, 5.74) is 6.39. The zero-order valence-corrected chi connectivity index (χ0v) is 21.0. The van der Waals surface area contributed by atoms with Crippen molar-refractivity contribution in [3.05, 3.63) is 96.3 Å². The molecule has 0 amide bonds. The van der Waals surface area contributed by atoms with Crippen molar-refractivity contribution in [3.63, 3.8) is 0 Å². The van der Waals surface area contributed by atoms with Crippen LogP contribution in [0.25, 0.3) is 5.57 Å². The molecule has 0 unspecified atom stereocenters. The van der Waals surface area contributed by atoms with Gasteiger partial charge in [0.1, 0.15) is 5.82 Å². The Bertz CT molecular complexity index is 997. The van der Waals surface area contributed by atoms with E-state index in [1.807, 2.05) is 0 Å². The molecule has 0 aliphatic rings. The molecule has 1 atom stereocenters. The normalized spacial score (nSPS) is 11.8. The molecule has 0 fully saturated rings. The van der Waals surface area contributed by atoms with Gasteiger partial charge in [0.25, 0.3) is 0 Å². The largest absolute Gasteiger partial charge is 0.394 e. The summed E-state index contributed by atoms with van der Waals surface area (Å²) in [6, 6.07) is 4.95. The molecule has 1 aromatic carbocycles. The second-order valence-corrected chi connectivity index (χ2v) is 8.53. The standard InChI is InChI=1S/C15H17FN2.C13H23NO/c1-5-6-9-18(17)13-7-8-14(15(16)10-13)12(4)11(2)3;1-6-12(8-15)14-7-10(4)13(9(2)3)11(14)5/h5-10H,1-2,4,17H2,3H3;7,9,12,15H,6,8H2,1-5H3/b9-6-;/t;12-/m.1/s1. The van der Waals surface area contributed by atoms with Crippen LogP contribution in [0.4, 0.5) is 10.1 Å². The average molecular weight is 454 g/mol. The summed E-state index contributed by atoms with van der Waals surface area (Å²) >= 11 is 0. The van der Waals surface area contributed by atoms with Gasteiger partial charge in [0.15, 0.2) is 0 Å². The van der Waals surface area contributed by atoms with E-state index in [2.05, 4.69) is 65.1 Å². The van der Waals surface area contributed by atoms with Crippen LogP contribution in [0, 0.1) is 19.7 Å². The fourth-order valence-corrected chi connectivity index (χ4v) is 3.84. The topological polar surface area (TPSA) is 54.4 Å². The number of anilines is 1. The average Bonchev–Trinajstić information content (AvgIpc) is 3.06. The summed E-state index contributed by atoms with van der Waals surface area (Å²) < 4.78 is 16.1. The number of aliphatic hydroxyl groups is 1. The molecule has 4 nitrogen and oxygen atoms in total. The van der Waals surface area contributed by atoms with Crippen molar-refractivity contribution >= 4 is 11.3 Å². The van der Waals surface area contributed by atoms with Gasteiger partial charge in [-0.05, 0) is 74.1 Å². The highest BCUT2D eigenvalue weighted by Crippen LogP contribution is 2.28. The van der Waals surface area contributed by atoms with E-state index in [0.29, 0.717) is 22.7 Å². The number of aryl methyl sites for hydroxylation is 1. The zero-order valence-electron chi connectivity index (χ0n) is 21.0. The Morgan fingerprint density at radius 2 is 1.91 bits per heavy atom. The molecule has 0 radical (unpaired) electrons. The van der Waals surface area contributed by atoms with Gasteiger partial charge in [0, 0.05) is 23.7 Å². The third-order valence-electron chi connectivity index (χ3n) is 5.66. The molecule has 0 saturated heterocycles. The summed E-state index contributed by atoms with van der Waals surface area (Å²) in [7, 11) is 0. The van der Waals surface area contributed by atoms with Gasteiger partial charge in [-0.3, -0.25) is 5.01 Å². The van der Waals surface area contributed by atoms with Crippen molar-refractivity contribution in [2.45, 2.75) is 59.9 Å². The van der Waals surface area contributed by atoms with Gasteiger partial charge in [-0.1, -0.05) is 52.2 Å². The maximum absolute atomic E-state index is 13.9. The number of hydrogen-bond donors (Lipinski definition) is 2. The van der Waals surface area contributed by atoms with E-state index in [0.717, 1.165) is 12.0 Å². The van der Waals surface area contributed by atoms with E-state index in [9.17, 15) is 9.50 Å². The van der Waals surface area contributed by atoms with Crippen LogP contribution in [-0.2, 0) is 0 Å². The minimum atomic E-state index is -0.372. The van der Waals surface area contributed by atoms with Crippen LogP contribution in [0.3, 0.4) is 0 Å². The molecule has 0 aliphatic heterocycles. The first-order valence-corrected chi connectivity index (χ1v) is 11.3. The van der Waals surface area contributed by atoms with E-state index in [-0.39, 0.29) is 18.5 Å². The first-order chi connectivity index (χ1) is 15.5. The van der Waals surface area contributed by atoms with Crippen LogP contribution in [-0.4, -0.2) is 16.3 Å². The number of hydrazine groups is 1. The maximum Gasteiger partial charge on any atom is 0.133 e. The van der Waals surface area contributed by atoms with Crippen LogP contribution in [0.5, 0.6) is 0 Å². The van der Waals surface area contributed by atoms with Crippen LogP contribution in [0.1, 0.15) is 68.5 Å². The highest BCUT2D eigenvalue weighted by molar-refractivity contribution is 5.77. The fourth-order valence-electron chi connectivity index (χ4n) is 3.84. The molecule has 180 valence electrons. The SMILES string of the molecule is C=C/C=C\N(N)c1ccc(C(=C)C(=C)C)c(F)c1.CC[C@H](CO)n1cc(C)c(C(C)C)c1C. The van der Waals surface area contributed by atoms with Gasteiger partial charge in [-0.15, -0.1) is 0 Å². The van der Waals surface area contributed by atoms with Crippen molar-refractivity contribution in [2.75, 3.05) is 11.6 Å². The minimum Gasteiger partial charge on any atom is -0.394 e. The Labute approximate surface area is 199 Å². The second kappa shape index (κ2) is 13.0. The molecule has 1 aromatic heterocycles. The maximum atomic E-state index is 13.9. The summed E-state index contributed by atoms with van der Waals surface area (Å²) in [5.74, 6) is 5.91. The van der Waals surface area contributed by atoms with Gasteiger partial charge < -0.3 is 9.67 Å². The van der Waals surface area contributed by atoms with Crippen LogP contribution < -0.4 is 10.9 Å². The molecule has 5 heteroatoms. The zero-order chi connectivity index (χ0) is 25.3. The molecule has 0 aliphatic carbocycles. The van der Waals surface area contributed by atoms with Gasteiger partial charge in [0.05, 0.1) is 18.3 Å². The molecule has 1 heterocycles. The van der Waals surface area contributed by atoms with E-state index < -0.39 is 0 Å². The minimum absolute atomic E-state index is 0.225. The third kappa shape index (κ3) is 7.31. The van der Waals surface area contributed by atoms with Gasteiger partial charge in [-0.2, -0.15) is 0 Å². The summed E-state index contributed by atoms with van der Waals surface area (Å²) in [6.07, 6.45) is 8.00. The predicted molar refractivity (Wildman–Crippen MR) is 141 cm³/mol. The molecular weight excluding hydrogens is 413 g/mol. The molecule has 0 spiro atoms. The third-order valence-corrected chi connectivity index (χ3v) is 5.66. The fraction of sp³-hybridized carbons (Fsp3) is 0.357. The molecule has 2 rings (SSSR count). The van der Waals surface area contributed by atoms with E-state index in [1.165, 1.54) is 27.9 Å². The highest BCUT2D eigenvalue weighted by atomic mass is 19.1. The van der Waals surface area contributed by atoms with Gasteiger partial charge in [-0.25, -0.2) is 10.2 Å². The number of nitrogens with two attached hydrogens (primary N) is 1. The Morgan fingerprint density at radius 3 is 2.33 bits per heavy atom. The molecule has 33 heavy (non-hydrogen) atoms. The van der Waals surface area contributed by atoms with Crippen molar-refractivity contribution in [1.29, 1.82) is 0 Å². The van der Waals surface area contributed by atoms with Gasteiger partial charge >= 0.3 is 0 Å². The lowest BCUT2D eigenvalue weighted by atomic mass is 10.0. The molecule has 2 aromatic rings. The molecule has 0 saturated carbocycles. The van der Waals surface area contributed by atoms with E-state index in [4.69, 9.17) is 5.84 Å². The second-order valence-electron chi connectivity index (χ2n) is 8.53. The number of allylic oxidation sites excluding steroid dienone is 4. The number of aromatic nitrogens is 1. The number of rotatable bonds is 9. The first-order valence-electron chi connectivity index (χ1n) is 11.3. The Morgan fingerprint density at radius 1 is 1.27 bits per heavy atom.